The molecule has 0 fully saturated rings. The number of H-pyrrole nitrogens is 1. The van der Waals surface area contributed by atoms with Gasteiger partial charge in [0.2, 0.25) is 0 Å². The number of amides is 1. The minimum absolute atomic E-state index is 0.168. The number of carbonyl (C=O) groups excluding carboxylic acids is 1. The fourth-order valence-electron chi connectivity index (χ4n) is 3.47. The third-order valence-electron chi connectivity index (χ3n) is 4.64. The number of pyridine rings is 1. The summed E-state index contributed by atoms with van der Waals surface area (Å²) < 4.78 is 1.82. The van der Waals surface area contributed by atoms with Crippen molar-refractivity contribution < 1.29 is 4.79 Å². The van der Waals surface area contributed by atoms with E-state index in [0.29, 0.717) is 16.8 Å². The molecule has 1 aliphatic carbocycles. The Morgan fingerprint density at radius 1 is 1.21 bits per heavy atom. The van der Waals surface area contributed by atoms with Crippen LogP contribution in [0.4, 0.5) is 5.69 Å². The molecule has 1 amide bonds. The van der Waals surface area contributed by atoms with Crippen LogP contribution in [-0.4, -0.2) is 20.7 Å². The molecule has 0 aliphatic heterocycles. The minimum atomic E-state index is -0.221. The highest BCUT2D eigenvalue weighted by Gasteiger charge is 2.24. The van der Waals surface area contributed by atoms with E-state index in [0.717, 1.165) is 42.3 Å². The molecule has 122 valence electrons. The summed E-state index contributed by atoms with van der Waals surface area (Å²) in [6.45, 7) is 0. The molecule has 2 aromatic heterocycles. The number of nitrogens with one attached hydrogen (secondary N) is 2. The molecule has 24 heavy (non-hydrogen) atoms. The second-order valence-corrected chi connectivity index (χ2v) is 6.13. The van der Waals surface area contributed by atoms with Crippen molar-refractivity contribution >= 4 is 22.4 Å². The zero-order chi connectivity index (χ0) is 16.7. The van der Waals surface area contributed by atoms with Crippen LogP contribution in [0.15, 0.2) is 35.3 Å². The molecule has 0 unspecified atom stereocenters. The van der Waals surface area contributed by atoms with Crippen LogP contribution in [-0.2, 0) is 19.9 Å². The second-order valence-electron chi connectivity index (χ2n) is 6.13. The molecule has 3 aromatic rings. The lowest BCUT2D eigenvalue weighted by molar-refractivity contribution is 0.102. The third-order valence-corrected chi connectivity index (χ3v) is 4.64. The summed E-state index contributed by atoms with van der Waals surface area (Å²) in [5.41, 5.74) is 3.16. The van der Waals surface area contributed by atoms with E-state index in [2.05, 4.69) is 15.4 Å². The van der Waals surface area contributed by atoms with Crippen molar-refractivity contribution in [1.29, 1.82) is 0 Å². The van der Waals surface area contributed by atoms with Gasteiger partial charge < -0.3 is 10.3 Å². The number of fused-ring (bicyclic) bond motifs is 2. The van der Waals surface area contributed by atoms with Crippen molar-refractivity contribution in [2.75, 3.05) is 5.32 Å². The lowest BCUT2D eigenvalue weighted by atomic mass is 9.95. The Morgan fingerprint density at radius 3 is 2.92 bits per heavy atom. The fourth-order valence-corrected chi connectivity index (χ4v) is 3.47. The van der Waals surface area contributed by atoms with E-state index in [4.69, 9.17) is 0 Å². The van der Waals surface area contributed by atoms with Gasteiger partial charge in [0, 0.05) is 41.0 Å². The van der Waals surface area contributed by atoms with Gasteiger partial charge >= 0.3 is 0 Å². The van der Waals surface area contributed by atoms with E-state index in [1.807, 2.05) is 11.7 Å². The maximum atomic E-state index is 12.8. The van der Waals surface area contributed by atoms with Crippen molar-refractivity contribution in [2.45, 2.75) is 25.7 Å². The van der Waals surface area contributed by atoms with Crippen LogP contribution in [0, 0.1) is 0 Å². The van der Waals surface area contributed by atoms with Crippen LogP contribution < -0.4 is 10.9 Å². The number of hydrogen-bond donors (Lipinski definition) is 2. The number of nitrogens with zero attached hydrogens (tertiary/aromatic N) is 2. The van der Waals surface area contributed by atoms with Gasteiger partial charge in [0.25, 0.3) is 11.5 Å². The molecule has 0 bridgehead atoms. The van der Waals surface area contributed by atoms with Gasteiger partial charge in [0.1, 0.15) is 0 Å². The second kappa shape index (κ2) is 5.63. The summed E-state index contributed by atoms with van der Waals surface area (Å²) in [5, 5.41) is 8.62. The average molecular weight is 322 g/mol. The Balaban J connectivity index is 1.73. The van der Waals surface area contributed by atoms with Gasteiger partial charge in [-0.25, -0.2) is 0 Å². The molecular weight excluding hydrogens is 304 g/mol. The highest BCUT2D eigenvalue weighted by Crippen LogP contribution is 2.26. The standard InChI is InChI=1S/C18H18N4O2/c1-22-15-8-3-2-5-13(15)16(21-22)18(24)20-14-7-4-6-12-11(14)9-10-19-17(12)23/h4,6-7,9-10H,2-3,5,8H2,1H3,(H,19,23)(H,20,24). The van der Waals surface area contributed by atoms with Crippen LogP contribution in [0.3, 0.4) is 0 Å². The molecule has 4 rings (SSSR count). The van der Waals surface area contributed by atoms with E-state index >= 15 is 0 Å². The van der Waals surface area contributed by atoms with Crippen molar-refractivity contribution in [3.8, 4) is 0 Å². The van der Waals surface area contributed by atoms with Crippen LogP contribution >= 0.6 is 0 Å². The zero-order valence-electron chi connectivity index (χ0n) is 13.4. The summed E-state index contributed by atoms with van der Waals surface area (Å²) in [7, 11) is 1.89. The number of rotatable bonds is 2. The zero-order valence-corrected chi connectivity index (χ0v) is 13.4. The van der Waals surface area contributed by atoms with Crippen molar-refractivity contribution in [3.05, 3.63) is 57.8 Å². The molecule has 0 radical (unpaired) electrons. The third kappa shape index (κ3) is 2.31. The Hall–Kier alpha value is -2.89. The van der Waals surface area contributed by atoms with Crippen LogP contribution in [0.5, 0.6) is 0 Å². The normalized spacial score (nSPS) is 13.7. The first-order valence-corrected chi connectivity index (χ1v) is 8.11. The molecule has 2 heterocycles. The quantitative estimate of drug-likeness (QED) is 0.760. The van der Waals surface area contributed by atoms with Crippen LogP contribution in [0.1, 0.15) is 34.6 Å². The molecule has 2 N–H and O–H groups in total. The number of aryl methyl sites for hydroxylation is 1. The van der Waals surface area contributed by atoms with E-state index < -0.39 is 0 Å². The summed E-state index contributed by atoms with van der Waals surface area (Å²) in [6, 6.07) is 7.10. The first-order valence-electron chi connectivity index (χ1n) is 8.11. The number of anilines is 1. The van der Waals surface area contributed by atoms with E-state index in [1.54, 1.807) is 30.5 Å². The summed E-state index contributed by atoms with van der Waals surface area (Å²) in [5.74, 6) is -0.221. The first kappa shape index (κ1) is 14.7. The number of hydrogen-bond acceptors (Lipinski definition) is 3. The summed E-state index contributed by atoms with van der Waals surface area (Å²) >= 11 is 0. The molecule has 1 aliphatic rings. The maximum absolute atomic E-state index is 12.8. The van der Waals surface area contributed by atoms with E-state index in [9.17, 15) is 9.59 Å². The van der Waals surface area contributed by atoms with Crippen molar-refractivity contribution in [2.24, 2.45) is 7.05 Å². The molecular formula is C18H18N4O2. The number of aromatic amines is 1. The van der Waals surface area contributed by atoms with Gasteiger partial charge in [-0.3, -0.25) is 14.3 Å². The average Bonchev–Trinajstić information content (AvgIpc) is 2.93. The fraction of sp³-hybridized carbons (Fsp3) is 0.278. The Morgan fingerprint density at radius 2 is 2.04 bits per heavy atom. The Bertz CT molecular complexity index is 1000. The Kier molecular flexibility index (Phi) is 3.45. The van der Waals surface area contributed by atoms with Gasteiger partial charge in [-0.2, -0.15) is 5.10 Å². The topological polar surface area (TPSA) is 79.8 Å². The predicted octanol–water partition coefficient (Wildman–Crippen LogP) is 2.39. The van der Waals surface area contributed by atoms with Gasteiger partial charge in [-0.1, -0.05) is 6.07 Å². The smallest absolute Gasteiger partial charge is 0.276 e. The van der Waals surface area contributed by atoms with Gasteiger partial charge in [-0.05, 0) is 43.9 Å². The van der Waals surface area contributed by atoms with Crippen molar-refractivity contribution in [3.63, 3.8) is 0 Å². The minimum Gasteiger partial charge on any atom is -0.329 e. The highest BCUT2D eigenvalue weighted by molar-refractivity contribution is 6.08. The van der Waals surface area contributed by atoms with Gasteiger partial charge in [-0.15, -0.1) is 0 Å². The van der Waals surface area contributed by atoms with E-state index in [-0.39, 0.29) is 11.5 Å². The van der Waals surface area contributed by atoms with Crippen LogP contribution in [0.25, 0.3) is 10.8 Å². The lowest BCUT2D eigenvalue weighted by Gasteiger charge is -2.12. The van der Waals surface area contributed by atoms with Crippen molar-refractivity contribution in [1.82, 2.24) is 14.8 Å². The predicted molar refractivity (Wildman–Crippen MR) is 92.4 cm³/mol. The first-order chi connectivity index (χ1) is 11.6. The van der Waals surface area contributed by atoms with Gasteiger partial charge in [0.05, 0.1) is 0 Å². The summed E-state index contributed by atoms with van der Waals surface area (Å²) in [6.07, 6.45) is 5.67. The molecule has 0 spiro atoms. The molecule has 0 saturated heterocycles. The highest BCUT2D eigenvalue weighted by atomic mass is 16.2. The van der Waals surface area contributed by atoms with Crippen LogP contribution in [0.2, 0.25) is 0 Å². The molecule has 0 saturated carbocycles. The number of carbonyl (C=O) groups is 1. The monoisotopic (exact) mass is 322 g/mol. The molecule has 0 atom stereocenters. The maximum Gasteiger partial charge on any atom is 0.276 e. The van der Waals surface area contributed by atoms with E-state index in [1.165, 1.54) is 0 Å². The summed E-state index contributed by atoms with van der Waals surface area (Å²) in [4.78, 5) is 27.3. The lowest BCUT2D eigenvalue weighted by Crippen LogP contribution is -2.16. The number of benzene rings is 1. The SMILES string of the molecule is Cn1nc(C(=O)Nc2cccc3c(=O)[nH]ccc23)c2c1CCCC2. The molecule has 1 aromatic carbocycles. The molecule has 6 heteroatoms. The number of aromatic nitrogens is 3. The molecule has 6 nitrogen and oxygen atoms in total. The Labute approximate surface area is 138 Å². The van der Waals surface area contributed by atoms with Gasteiger partial charge in [0.15, 0.2) is 5.69 Å². The largest absolute Gasteiger partial charge is 0.329 e.